The van der Waals surface area contributed by atoms with Crippen LogP contribution in [0.15, 0.2) is 41.3 Å². The van der Waals surface area contributed by atoms with Gasteiger partial charge in [0.1, 0.15) is 0 Å². The maximum Gasteiger partial charge on any atom is 0.416 e. The van der Waals surface area contributed by atoms with E-state index in [4.69, 9.17) is 5.73 Å². The van der Waals surface area contributed by atoms with Crippen molar-refractivity contribution in [3.63, 3.8) is 0 Å². The van der Waals surface area contributed by atoms with Crippen molar-refractivity contribution in [1.29, 1.82) is 0 Å². The lowest BCUT2D eigenvalue weighted by molar-refractivity contribution is -0.137. The third-order valence-corrected chi connectivity index (χ3v) is 6.51. The number of fused-ring (bicyclic) bond motifs is 2. The lowest BCUT2D eigenvalue weighted by atomic mass is 9.99. The minimum Gasteiger partial charge on any atom is -0.398 e. The molecular weight excluding hydrogens is 357 g/mol. The van der Waals surface area contributed by atoms with E-state index < -0.39 is 11.7 Å². The highest BCUT2D eigenvalue weighted by Gasteiger charge is 2.35. The fourth-order valence-corrected chi connectivity index (χ4v) is 5.42. The molecule has 0 spiro atoms. The largest absolute Gasteiger partial charge is 0.416 e. The summed E-state index contributed by atoms with van der Waals surface area (Å²) in [5.74, 6) is 0.380. The number of hydrogen-bond donors (Lipinski definition) is 1. The second kappa shape index (κ2) is 6.50. The van der Waals surface area contributed by atoms with Crippen LogP contribution in [0.3, 0.4) is 0 Å². The molecule has 0 aromatic heterocycles. The van der Waals surface area contributed by atoms with E-state index in [1.807, 2.05) is 12.1 Å². The third kappa shape index (κ3) is 3.21. The number of alkyl halides is 3. The monoisotopic (exact) mass is 378 g/mol. The summed E-state index contributed by atoms with van der Waals surface area (Å²) in [6, 6.07) is 10.3. The Morgan fingerprint density at radius 2 is 2.00 bits per heavy atom. The number of halogens is 3. The van der Waals surface area contributed by atoms with Crippen LogP contribution in [0.25, 0.3) is 0 Å². The van der Waals surface area contributed by atoms with E-state index in [1.54, 1.807) is 6.07 Å². The topological polar surface area (TPSA) is 29.3 Å². The number of anilines is 1. The molecule has 6 heteroatoms. The van der Waals surface area contributed by atoms with Crippen molar-refractivity contribution >= 4 is 17.6 Å². The van der Waals surface area contributed by atoms with Crippen LogP contribution in [0.2, 0.25) is 0 Å². The molecule has 0 saturated heterocycles. The summed E-state index contributed by atoms with van der Waals surface area (Å²) in [6.45, 7) is 3.01. The van der Waals surface area contributed by atoms with E-state index >= 15 is 0 Å². The van der Waals surface area contributed by atoms with Gasteiger partial charge in [0.25, 0.3) is 0 Å². The Morgan fingerprint density at radius 3 is 2.77 bits per heavy atom. The van der Waals surface area contributed by atoms with E-state index in [-0.39, 0.29) is 6.04 Å². The molecule has 2 atom stereocenters. The molecule has 0 bridgehead atoms. The van der Waals surface area contributed by atoms with Gasteiger partial charge in [0, 0.05) is 23.2 Å². The van der Waals surface area contributed by atoms with Crippen molar-refractivity contribution < 1.29 is 13.2 Å². The first-order valence-corrected chi connectivity index (χ1v) is 9.62. The molecule has 2 aromatic rings. The first kappa shape index (κ1) is 17.7. The summed E-state index contributed by atoms with van der Waals surface area (Å²) in [6.07, 6.45) is -1.63. The molecule has 1 heterocycles. The Balaban J connectivity index is 1.69. The summed E-state index contributed by atoms with van der Waals surface area (Å²) in [5.41, 5.74) is 9.78. The molecule has 1 aliphatic heterocycles. The SMILES string of the molecule is C[C@H]1Cc2ccc(C(F)(F)F)cc2SN(C2CCc3c(N)cccc32)C1. The second-order valence-corrected chi connectivity index (χ2v) is 8.38. The molecule has 1 unspecified atom stereocenters. The highest BCUT2D eigenvalue weighted by Crippen LogP contribution is 2.46. The lowest BCUT2D eigenvalue weighted by Gasteiger charge is -2.28. The molecule has 2 aromatic carbocycles. The van der Waals surface area contributed by atoms with Crippen LogP contribution in [0.4, 0.5) is 18.9 Å². The smallest absolute Gasteiger partial charge is 0.398 e. The molecule has 1 aliphatic carbocycles. The molecule has 26 heavy (non-hydrogen) atoms. The van der Waals surface area contributed by atoms with Crippen molar-refractivity contribution in [2.24, 2.45) is 5.92 Å². The van der Waals surface area contributed by atoms with Crippen LogP contribution in [0.5, 0.6) is 0 Å². The maximum absolute atomic E-state index is 13.1. The number of benzene rings is 2. The number of hydrogen-bond acceptors (Lipinski definition) is 3. The normalized spacial score (nSPS) is 23.4. The number of nitrogens with zero attached hydrogens (tertiary/aromatic N) is 1. The lowest BCUT2D eigenvalue weighted by Crippen LogP contribution is -2.25. The third-order valence-electron chi connectivity index (χ3n) is 5.29. The summed E-state index contributed by atoms with van der Waals surface area (Å²) in [4.78, 5) is 0.724. The average molecular weight is 378 g/mol. The first-order valence-electron chi connectivity index (χ1n) is 8.85. The Hall–Kier alpha value is -1.66. The Bertz CT molecular complexity index is 834. The van der Waals surface area contributed by atoms with Gasteiger partial charge >= 0.3 is 6.18 Å². The van der Waals surface area contributed by atoms with Crippen molar-refractivity contribution in [1.82, 2.24) is 4.31 Å². The van der Waals surface area contributed by atoms with Crippen LogP contribution in [0, 0.1) is 5.92 Å². The standard InChI is InChI=1S/C20H21F3N2S/c1-12-9-13-5-6-14(20(21,22)23)10-19(13)26-25(11-12)18-8-7-15-16(18)3-2-4-17(15)24/h2-6,10,12,18H,7-9,11,24H2,1H3/t12-,18?/m0/s1. The average Bonchev–Trinajstić information content (AvgIpc) is 2.92. The van der Waals surface area contributed by atoms with Crippen molar-refractivity contribution in [3.8, 4) is 0 Å². The molecule has 138 valence electrons. The number of rotatable bonds is 1. The number of nitrogens with two attached hydrogens (primary N) is 1. The second-order valence-electron chi connectivity index (χ2n) is 7.29. The van der Waals surface area contributed by atoms with Gasteiger partial charge in [0.05, 0.1) is 5.56 Å². The van der Waals surface area contributed by atoms with Crippen LogP contribution >= 0.6 is 11.9 Å². The van der Waals surface area contributed by atoms with E-state index in [0.717, 1.165) is 42.0 Å². The van der Waals surface area contributed by atoms with Gasteiger partial charge in [-0.15, -0.1) is 0 Å². The first-order chi connectivity index (χ1) is 12.3. The molecule has 2 nitrogen and oxygen atoms in total. The molecule has 4 rings (SSSR count). The fourth-order valence-electron chi connectivity index (χ4n) is 4.05. The van der Waals surface area contributed by atoms with E-state index in [9.17, 15) is 13.2 Å². The molecular formula is C20H21F3N2S. The van der Waals surface area contributed by atoms with Crippen LogP contribution < -0.4 is 5.73 Å². The van der Waals surface area contributed by atoms with E-state index in [2.05, 4.69) is 17.3 Å². The van der Waals surface area contributed by atoms with Gasteiger partial charge < -0.3 is 5.73 Å². The zero-order valence-corrected chi connectivity index (χ0v) is 15.3. The van der Waals surface area contributed by atoms with Gasteiger partial charge in [0.15, 0.2) is 0 Å². The summed E-state index contributed by atoms with van der Waals surface area (Å²) >= 11 is 1.47. The Labute approximate surface area is 155 Å². The van der Waals surface area contributed by atoms with Crippen LogP contribution in [0.1, 0.15) is 41.6 Å². The maximum atomic E-state index is 13.1. The molecule has 0 fully saturated rings. The van der Waals surface area contributed by atoms with Gasteiger partial charge in [-0.2, -0.15) is 13.2 Å². The zero-order chi connectivity index (χ0) is 18.5. The minimum absolute atomic E-state index is 0.196. The number of nitrogen functional groups attached to an aromatic ring is 1. The van der Waals surface area contributed by atoms with Gasteiger partial charge in [-0.1, -0.05) is 25.1 Å². The van der Waals surface area contributed by atoms with Crippen LogP contribution in [-0.4, -0.2) is 10.8 Å². The van der Waals surface area contributed by atoms with Gasteiger partial charge in [-0.3, -0.25) is 0 Å². The molecule has 0 amide bonds. The van der Waals surface area contributed by atoms with Crippen LogP contribution in [-0.2, 0) is 19.0 Å². The molecule has 0 saturated carbocycles. The van der Waals surface area contributed by atoms with Crippen molar-refractivity contribution in [3.05, 3.63) is 58.7 Å². The quantitative estimate of drug-likeness (QED) is 0.527. The zero-order valence-electron chi connectivity index (χ0n) is 14.5. The van der Waals surface area contributed by atoms with Gasteiger partial charge in [-0.25, -0.2) is 4.31 Å². The Morgan fingerprint density at radius 1 is 1.19 bits per heavy atom. The summed E-state index contributed by atoms with van der Waals surface area (Å²) in [5, 5.41) is 0. The van der Waals surface area contributed by atoms with Gasteiger partial charge in [0.2, 0.25) is 0 Å². The molecule has 2 N–H and O–H groups in total. The van der Waals surface area contributed by atoms with Gasteiger partial charge in [-0.05, 0) is 72.0 Å². The summed E-state index contributed by atoms with van der Waals surface area (Å²) in [7, 11) is 0. The van der Waals surface area contributed by atoms with Crippen molar-refractivity contribution in [2.75, 3.05) is 12.3 Å². The highest BCUT2D eigenvalue weighted by atomic mass is 32.2. The molecule has 2 aliphatic rings. The summed E-state index contributed by atoms with van der Waals surface area (Å²) < 4.78 is 41.7. The Kier molecular flexibility index (Phi) is 4.43. The van der Waals surface area contributed by atoms with Crippen molar-refractivity contribution in [2.45, 2.75) is 43.3 Å². The predicted octanol–water partition coefficient (Wildman–Crippen LogP) is 5.48. The minimum atomic E-state index is -4.31. The fraction of sp³-hybridized carbons (Fsp3) is 0.400. The highest BCUT2D eigenvalue weighted by molar-refractivity contribution is 7.97. The predicted molar refractivity (Wildman–Crippen MR) is 98.8 cm³/mol. The van der Waals surface area contributed by atoms with E-state index in [0.29, 0.717) is 5.92 Å². The van der Waals surface area contributed by atoms with E-state index in [1.165, 1.54) is 35.2 Å². The molecule has 0 radical (unpaired) electrons.